The number of ether oxygens (including phenoxy) is 2. The van der Waals surface area contributed by atoms with Gasteiger partial charge < -0.3 is 20.2 Å². The van der Waals surface area contributed by atoms with Crippen molar-refractivity contribution in [2.24, 2.45) is 5.73 Å². The molecule has 1 aromatic carbocycles. The zero-order valence-corrected chi connectivity index (χ0v) is 11.0. The summed E-state index contributed by atoms with van der Waals surface area (Å²) in [4.78, 5) is 17.8. The Bertz CT molecular complexity index is 620. The molecule has 1 heterocycles. The molecule has 6 heteroatoms. The summed E-state index contributed by atoms with van der Waals surface area (Å²) < 4.78 is 10.5. The average molecular weight is 261 g/mol. The van der Waals surface area contributed by atoms with Gasteiger partial charge in [-0.15, -0.1) is 0 Å². The number of aryl methyl sites for hydroxylation is 1. The summed E-state index contributed by atoms with van der Waals surface area (Å²) in [6, 6.07) is 3.69. The van der Waals surface area contributed by atoms with Crippen LogP contribution in [-0.2, 0) is 0 Å². The standard InChI is InChI=1S/C13H15N3O3/c1-7-4-10(18-2)11(19-3)5-8(7)9-6-15-13(16-9)12(14)17/h4-6H,1-3H3,(H2,14,17)(H,15,16). The summed E-state index contributed by atoms with van der Waals surface area (Å²) in [6.45, 7) is 1.93. The molecule has 0 aliphatic rings. The van der Waals surface area contributed by atoms with Gasteiger partial charge in [0.25, 0.3) is 5.91 Å². The molecule has 0 saturated heterocycles. The van der Waals surface area contributed by atoms with Crippen LogP contribution in [0, 0.1) is 6.92 Å². The maximum atomic E-state index is 11.0. The van der Waals surface area contributed by atoms with Crippen LogP contribution in [0.2, 0.25) is 0 Å². The van der Waals surface area contributed by atoms with Crippen LogP contribution >= 0.6 is 0 Å². The van der Waals surface area contributed by atoms with Crippen LogP contribution in [0.5, 0.6) is 11.5 Å². The molecule has 1 amide bonds. The number of methoxy groups -OCH3 is 2. The molecule has 0 spiro atoms. The number of benzene rings is 1. The predicted octanol–water partition coefficient (Wildman–Crippen LogP) is 1.50. The molecule has 0 radical (unpaired) electrons. The zero-order valence-electron chi connectivity index (χ0n) is 11.0. The Balaban J connectivity index is 2.51. The Hall–Kier alpha value is -2.50. The number of hydrogen-bond acceptors (Lipinski definition) is 4. The lowest BCUT2D eigenvalue weighted by Gasteiger charge is -2.11. The number of nitrogens with zero attached hydrogens (tertiary/aromatic N) is 1. The topological polar surface area (TPSA) is 90.2 Å². The van der Waals surface area contributed by atoms with Crippen LogP contribution in [0.4, 0.5) is 0 Å². The van der Waals surface area contributed by atoms with E-state index in [1.54, 1.807) is 20.4 Å². The molecule has 2 aromatic rings. The molecule has 0 unspecified atom stereocenters. The van der Waals surface area contributed by atoms with Gasteiger partial charge in [0.2, 0.25) is 0 Å². The maximum absolute atomic E-state index is 11.0. The van der Waals surface area contributed by atoms with Gasteiger partial charge in [0.1, 0.15) is 0 Å². The number of hydrogen-bond donors (Lipinski definition) is 2. The number of H-pyrrole nitrogens is 1. The molecule has 0 bridgehead atoms. The summed E-state index contributed by atoms with van der Waals surface area (Å²) in [5.74, 6) is 0.797. The predicted molar refractivity (Wildman–Crippen MR) is 70.4 cm³/mol. The number of imidazole rings is 1. The average Bonchev–Trinajstić information content (AvgIpc) is 2.87. The van der Waals surface area contributed by atoms with E-state index in [0.29, 0.717) is 17.2 Å². The Morgan fingerprint density at radius 2 is 1.89 bits per heavy atom. The van der Waals surface area contributed by atoms with Crippen LogP contribution < -0.4 is 15.2 Å². The molecule has 0 fully saturated rings. The van der Waals surface area contributed by atoms with E-state index in [-0.39, 0.29) is 5.82 Å². The number of rotatable bonds is 4. The summed E-state index contributed by atoms with van der Waals surface area (Å²) in [5.41, 5.74) is 7.71. The minimum absolute atomic E-state index is 0.129. The van der Waals surface area contributed by atoms with Gasteiger partial charge in [-0.05, 0) is 24.6 Å². The maximum Gasteiger partial charge on any atom is 0.284 e. The zero-order chi connectivity index (χ0) is 14.0. The van der Waals surface area contributed by atoms with Crippen molar-refractivity contribution in [2.75, 3.05) is 14.2 Å². The number of carbonyl (C=O) groups excluding carboxylic acids is 1. The Morgan fingerprint density at radius 1 is 1.26 bits per heavy atom. The summed E-state index contributed by atoms with van der Waals surface area (Å²) in [6.07, 6.45) is 1.56. The smallest absolute Gasteiger partial charge is 0.284 e. The highest BCUT2D eigenvalue weighted by Crippen LogP contribution is 2.34. The van der Waals surface area contributed by atoms with Gasteiger partial charge in [0.15, 0.2) is 17.3 Å². The first kappa shape index (κ1) is 12.9. The van der Waals surface area contributed by atoms with Crippen molar-refractivity contribution in [3.8, 4) is 22.8 Å². The first-order valence-electron chi connectivity index (χ1n) is 5.64. The fourth-order valence-electron chi connectivity index (χ4n) is 1.85. The van der Waals surface area contributed by atoms with E-state index in [9.17, 15) is 4.79 Å². The third-order valence-electron chi connectivity index (χ3n) is 2.83. The number of carbonyl (C=O) groups is 1. The van der Waals surface area contributed by atoms with E-state index in [1.165, 1.54) is 0 Å². The van der Waals surface area contributed by atoms with E-state index in [1.807, 2.05) is 19.1 Å². The summed E-state index contributed by atoms with van der Waals surface area (Å²) in [5, 5.41) is 0. The van der Waals surface area contributed by atoms with Crippen molar-refractivity contribution in [3.05, 3.63) is 29.7 Å². The van der Waals surface area contributed by atoms with E-state index in [4.69, 9.17) is 15.2 Å². The first-order chi connectivity index (χ1) is 9.06. The molecule has 3 N–H and O–H groups in total. The van der Waals surface area contributed by atoms with Gasteiger partial charge in [-0.2, -0.15) is 0 Å². The molecule has 100 valence electrons. The first-order valence-corrected chi connectivity index (χ1v) is 5.64. The highest BCUT2D eigenvalue weighted by Gasteiger charge is 2.13. The third kappa shape index (κ3) is 2.37. The number of nitrogens with two attached hydrogens (primary N) is 1. The van der Waals surface area contributed by atoms with Crippen LogP contribution in [0.3, 0.4) is 0 Å². The number of primary amides is 1. The number of aromatic amines is 1. The van der Waals surface area contributed by atoms with E-state index < -0.39 is 5.91 Å². The van der Waals surface area contributed by atoms with Crippen molar-refractivity contribution in [1.29, 1.82) is 0 Å². The highest BCUT2D eigenvalue weighted by atomic mass is 16.5. The molecular weight excluding hydrogens is 246 g/mol. The van der Waals surface area contributed by atoms with Gasteiger partial charge in [-0.3, -0.25) is 4.79 Å². The molecular formula is C13H15N3O3. The second-order valence-electron chi connectivity index (χ2n) is 4.03. The second-order valence-corrected chi connectivity index (χ2v) is 4.03. The third-order valence-corrected chi connectivity index (χ3v) is 2.83. The lowest BCUT2D eigenvalue weighted by Crippen LogP contribution is -2.12. The normalized spacial score (nSPS) is 10.3. The monoisotopic (exact) mass is 261 g/mol. The number of nitrogens with one attached hydrogen (secondary N) is 1. The van der Waals surface area contributed by atoms with Gasteiger partial charge >= 0.3 is 0 Å². The van der Waals surface area contributed by atoms with E-state index in [2.05, 4.69) is 9.97 Å². The second kappa shape index (κ2) is 5.01. The van der Waals surface area contributed by atoms with Crippen molar-refractivity contribution in [1.82, 2.24) is 9.97 Å². The molecule has 6 nitrogen and oxygen atoms in total. The fraction of sp³-hybridized carbons (Fsp3) is 0.231. The van der Waals surface area contributed by atoms with Crippen molar-refractivity contribution in [3.63, 3.8) is 0 Å². The van der Waals surface area contributed by atoms with Crippen molar-refractivity contribution < 1.29 is 14.3 Å². The number of aromatic nitrogens is 2. The molecule has 0 aliphatic carbocycles. The summed E-state index contributed by atoms with van der Waals surface area (Å²) >= 11 is 0. The van der Waals surface area contributed by atoms with Gasteiger partial charge in [-0.1, -0.05) is 0 Å². The molecule has 0 saturated carbocycles. The van der Waals surface area contributed by atoms with Gasteiger partial charge in [-0.25, -0.2) is 4.98 Å². The van der Waals surface area contributed by atoms with Crippen LogP contribution in [0.15, 0.2) is 18.3 Å². The Labute approximate surface area is 110 Å². The van der Waals surface area contributed by atoms with Crippen molar-refractivity contribution >= 4 is 5.91 Å². The molecule has 19 heavy (non-hydrogen) atoms. The SMILES string of the molecule is COc1cc(C)c(-c2cnc(C(N)=O)[nH]2)cc1OC. The summed E-state index contributed by atoms with van der Waals surface area (Å²) in [7, 11) is 3.15. The van der Waals surface area contributed by atoms with E-state index >= 15 is 0 Å². The van der Waals surface area contributed by atoms with Crippen LogP contribution in [0.1, 0.15) is 16.2 Å². The molecule has 0 atom stereocenters. The molecule has 2 rings (SSSR count). The lowest BCUT2D eigenvalue weighted by molar-refractivity contribution is 0.0991. The van der Waals surface area contributed by atoms with Crippen molar-refractivity contribution in [2.45, 2.75) is 6.92 Å². The van der Waals surface area contributed by atoms with E-state index in [0.717, 1.165) is 11.1 Å². The largest absolute Gasteiger partial charge is 0.493 e. The minimum Gasteiger partial charge on any atom is -0.493 e. The Kier molecular flexibility index (Phi) is 3.41. The quantitative estimate of drug-likeness (QED) is 0.872. The minimum atomic E-state index is -0.593. The van der Waals surface area contributed by atoms with Gasteiger partial charge in [0.05, 0.1) is 26.1 Å². The Morgan fingerprint density at radius 3 is 2.42 bits per heavy atom. The highest BCUT2D eigenvalue weighted by molar-refractivity contribution is 5.89. The lowest BCUT2D eigenvalue weighted by atomic mass is 10.1. The fourth-order valence-corrected chi connectivity index (χ4v) is 1.85. The van der Waals surface area contributed by atoms with Gasteiger partial charge in [0, 0.05) is 5.56 Å². The molecule has 0 aliphatic heterocycles. The van der Waals surface area contributed by atoms with Crippen LogP contribution in [0.25, 0.3) is 11.3 Å². The number of amides is 1. The van der Waals surface area contributed by atoms with Crippen LogP contribution in [-0.4, -0.2) is 30.1 Å². The molecule has 1 aromatic heterocycles.